The van der Waals surface area contributed by atoms with Crippen molar-refractivity contribution in [3.8, 4) is 11.3 Å². The van der Waals surface area contributed by atoms with Gasteiger partial charge in [0.1, 0.15) is 5.56 Å². The zero-order valence-corrected chi connectivity index (χ0v) is 15.1. The molecule has 0 aliphatic carbocycles. The summed E-state index contributed by atoms with van der Waals surface area (Å²) in [6.45, 7) is 7.93. The Bertz CT molecular complexity index is 924. The van der Waals surface area contributed by atoms with Crippen LogP contribution in [0.3, 0.4) is 0 Å². The van der Waals surface area contributed by atoms with Crippen molar-refractivity contribution in [3.63, 3.8) is 0 Å². The lowest BCUT2D eigenvalue weighted by Crippen LogP contribution is -2.20. The van der Waals surface area contributed by atoms with Crippen LogP contribution in [0.25, 0.3) is 22.2 Å². The Labute approximate surface area is 147 Å². The van der Waals surface area contributed by atoms with E-state index in [9.17, 15) is 9.59 Å². The van der Waals surface area contributed by atoms with Gasteiger partial charge in [0.25, 0.3) is 0 Å². The number of esters is 1. The third kappa shape index (κ3) is 3.79. The Morgan fingerprint density at radius 3 is 2.32 bits per heavy atom. The standard InChI is InChI=1S/C19H17NO3.C2H6/c1-3-23-19(22)16-17(13-10-8-12(2)9-11-13)20-15-7-5-4-6-14(15)18(16)21;1-2/h4-11H,3H2,1-2H3,(H,20,21);1-2H3. The molecule has 130 valence electrons. The number of rotatable bonds is 3. The molecule has 1 aromatic heterocycles. The number of aromatic nitrogens is 1. The predicted octanol–water partition coefficient (Wildman–Crippen LogP) is 4.71. The molecule has 0 saturated carbocycles. The second-order valence-corrected chi connectivity index (χ2v) is 5.34. The summed E-state index contributed by atoms with van der Waals surface area (Å²) in [6, 6.07) is 14.8. The maximum Gasteiger partial charge on any atom is 0.344 e. The SMILES string of the molecule is CC.CCOC(=O)c1c(-c2ccc(C)cc2)[nH]c2ccccc2c1=O. The van der Waals surface area contributed by atoms with E-state index in [1.54, 1.807) is 19.1 Å². The Hall–Kier alpha value is -2.88. The molecule has 1 heterocycles. The fraction of sp³-hybridized carbons (Fsp3) is 0.238. The van der Waals surface area contributed by atoms with E-state index in [2.05, 4.69) is 4.98 Å². The third-order valence-electron chi connectivity index (χ3n) is 3.73. The topological polar surface area (TPSA) is 59.2 Å². The smallest absolute Gasteiger partial charge is 0.344 e. The average molecular weight is 337 g/mol. The van der Waals surface area contributed by atoms with Crippen molar-refractivity contribution in [1.29, 1.82) is 0 Å². The van der Waals surface area contributed by atoms with Crippen LogP contribution in [0, 0.1) is 6.92 Å². The second kappa shape index (κ2) is 8.29. The maximum atomic E-state index is 12.8. The van der Waals surface area contributed by atoms with Gasteiger partial charge in [0.05, 0.1) is 12.3 Å². The Morgan fingerprint density at radius 1 is 1.04 bits per heavy atom. The van der Waals surface area contributed by atoms with E-state index in [0.29, 0.717) is 16.6 Å². The molecule has 2 aromatic carbocycles. The molecule has 0 saturated heterocycles. The molecule has 4 nitrogen and oxygen atoms in total. The number of H-pyrrole nitrogens is 1. The Balaban J connectivity index is 0.00000109. The number of fused-ring (bicyclic) bond motifs is 1. The first-order chi connectivity index (χ1) is 12.1. The van der Waals surface area contributed by atoms with Crippen molar-refractivity contribution in [2.24, 2.45) is 0 Å². The van der Waals surface area contributed by atoms with Gasteiger partial charge in [-0.2, -0.15) is 0 Å². The number of aryl methyl sites for hydroxylation is 1. The minimum absolute atomic E-state index is 0.0504. The van der Waals surface area contributed by atoms with Gasteiger partial charge in [0, 0.05) is 10.9 Å². The molecule has 0 aliphatic heterocycles. The van der Waals surface area contributed by atoms with Crippen molar-refractivity contribution in [2.45, 2.75) is 27.7 Å². The largest absolute Gasteiger partial charge is 0.462 e. The molecular weight excluding hydrogens is 314 g/mol. The average Bonchev–Trinajstić information content (AvgIpc) is 2.64. The van der Waals surface area contributed by atoms with Crippen molar-refractivity contribution < 1.29 is 9.53 Å². The summed E-state index contributed by atoms with van der Waals surface area (Å²) in [6.07, 6.45) is 0. The third-order valence-corrected chi connectivity index (χ3v) is 3.73. The highest BCUT2D eigenvalue weighted by molar-refractivity contribution is 6.00. The highest BCUT2D eigenvalue weighted by Gasteiger charge is 2.21. The Morgan fingerprint density at radius 2 is 1.68 bits per heavy atom. The Kier molecular flexibility index (Phi) is 6.12. The second-order valence-electron chi connectivity index (χ2n) is 5.34. The van der Waals surface area contributed by atoms with Gasteiger partial charge >= 0.3 is 5.97 Å². The molecule has 4 heteroatoms. The van der Waals surface area contributed by atoms with Gasteiger partial charge in [-0.1, -0.05) is 55.8 Å². The van der Waals surface area contributed by atoms with E-state index >= 15 is 0 Å². The fourth-order valence-electron chi connectivity index (χ4n) is 2.57. The number of hydrogen-bond donors (Lipinski definition) is 1. The van der Waals surface area contributed by atoms with Crippen molar-refractivity contribution in [3.05, 3.63) is 69.9 Å². The summed E-state index contributed by atoms with van der Waals surface area (Å²) in [4.78, 5) is 28.3. The highest BCUT2D eigenvalue weighted by atomic mass is 16.5. The van der Waals surface area contributed by atoms with Gasteiger partial charge in [0.2, 0.25) is 5.43 Å². The predicted molar refractivity (Wildman–Crippen MR) is 102 cm³/mol. The number of hydrogen-bond acceptors (Lipinski definition) is 3. The monoisotopic (exact) mass is 337 g/mol. The minimum Gasteiger partial charge on any atom is -0.462 e. The quantitative estimate of drug-likeness (QED) is 0.704. The number of carbonyl (C=O) groups is 1. The summed E-state index contributed by atoms with van der Waals surface area (Å²) in [7, 11) is 0. The summed E-state index contributed by atoms with van der Waals surface area (Å²) in [5.41, 5.74) is 2.81. The number of carbonyl (C=O) groups excluding carboxylic acids is 1. The van der Waals surface area contributed by atoms with E-state index < -0.39 is 5.97 Å². The number of pyridine rings is 1. The van der Waals surface area contributed by atoms with E-state index in [4.69, 9.17) is 4.74 Å². The fourth-order valence-corrected chi connectivity index (χ4v) is 2.57. The van der Waals surface area contributed by atoms with Gasteiger partial charge in [-0.25, -0.2) is 4.79 Å². The van der Waals surface area contributed by atoms with Crippen LogP contribution in [-0.4, -0.2) is 17.6 Å². The maximum absolute atomic E-state index is 12.8. The van der Waals surface area contributed by atoms with Gasteiger partial charge in [-0.15, -0.1) is 0 Å². The summed E-state index contributed by atoms with van der Waals surface area (Å²) in [5.74, 6) is -0.602. The molecular formula is C21H23NO3. The number of ether oxygens (including phenoxy) is 1. The first-order valence-corrected chi connectivity index (χ1v) is 8.51. The molecule has 1 N–H and O–H groups in total. The van der Waals surface area contributed by atoms with Crippen LogP contribution in [0.1, 0.15) is 36.7 Å². The first kappa shape index (κ1) is 18.5. The van der Waals surface area contributed by atoms with E-state index in [0.717, 1.165) is 11.1 Å². The molecule has 0 bridgehead atoms. The molecule has 25 heavy (non-hydrogen) atoms. The number of benzene rings is 2. The van der Waals surface area contributed by atoms with Crippen LogP contribution >= 0.6 is 0 Å². The van der Waals surface area contributed by atoms with Crippen LogP contribution in [0.15, 0.2) is 53.3 Å². The zero-order valence-electron chi connectivity index (χ0n) is 15.1. The molecule has 3 rings (SSSR count). The lowest BCUT2D eigenvalue weighted by Gasteiger charge is -2.11. The molecule has 3 aromatic rings. The van der Waals surface area contributed by atoms with Gasteiger partial charge < -0.3 is 9.72 Å². The minimum atomic E-state index is -0.602. The van der Waals surface area contributed by atoms with Crippen LogP contribution in [-0.2, 0) is 4.74 Å². The van der Waals surface area contributed by atoms with Crippen LogP contribution in [0.5, 0.6) is 0 Å². The summed E-state index contributed by atoms with van der Waals surface area (Å²) >= 11 is 0. The summed E-state index contributed by atoms with van der Waals surface area (Å²) < 4.78 is 5.08. The van der Waals surface area contributed by atoms with E-state index in [-0.39, 0.29) is 17.6 Å². The van der Waals surface area contributed by atoms with Gasteiger partial charge in [-0.3, -0.25) is 4.79 Å². The van der Waals surface area contributed by atoms with Crippen molar-refractivity contribution >= 4 is 16.9 Å². The van der Waals surface area contributed by atoms with Gasteiger partial charge in [-0.05, 0) is 31.5 Å². The van der Waals surface area contributed by atoms with Crippen molar-refractivity contribution in [2.75, 3.05) is 6.61 Å². The lowest BCUT2D eigenvalue weighted by molar-refractivity contribution is 0.0525. The number of nitrogens with one attached hydrogen (secondary N) is 1. The zero-order chi connectivity index (χ0) is 18.4. The molecule has 0 spiro atoms. The molecule has 0 amide bonds. The molecule has 0 unspecified atom stereocenters. The molecule has 0 fully saturated rings. The van der Waals surface area contributed by atoms with Crippen LogP contribution in [0.4, 0.5) is 0 Å². The molecule has 0 aliphatic rings. The van der Waals surface area contributed by atoms with Crippen molar-refractivity contribution in [1.82, 2.24) is 4.98 Å². The van der Waals surface area contributed by atoms with Crippen LogP contribution in [0.2, 0.25) is 0 Å². The molecule has 0 radical (unpaired) electrons. The summed E-state index contributed by atoms with van der Waals surface area (Å²) in [5, 5.41) is 0.478. The number of para-hydroxylation sites is 1. The molecule has 0 atom stereocenters. The normalized spacial score (nSPS) is 10.1. The van der Waals surface area contributed by atoms with E-state index in [1.807, 2.05) is 57.2 Å². The van der Waals surface area contributed by atoms with Gasteiger partial charge in [0.15, 0.2) is 0 Å². The highest BCUT2D eigenvalue weighted by Crippen LogP contribution is 2.23. The number of aromatic amines is 1. The lowest BCUT2D eigenvalue weighted by atomic mass is 10.0. The van der Waals surface area contributed by atoms with Crippen LogP contribution < -0.4 is 5.43 Å². The first-order valence-electron chi connectivity index (χ1n) is 8.51. The van der Waals surface area contributed by atoms with E-state index in [1.165, 1.54) is 0 Å².